The van der Waals surface area contributed by atoms with Crippen LogP contribution in [-0.2, 0) is 0 Å². The van der Waals surface area contributed by atoms with Crippen molar-refractivity contribution in [1.82, 2.24) is 4.98 Å². The lowest BCUT2D eigenvalue weighted by Crippen LogP contribution is -2.10. The van der Waals surface area contributed by atoms with Crippen LogP contribution in [0.25, 0.3) is 0 Å². The number of benzene rings is 1. The number of hydrogen-bond donors (Lipinski definition) is 3. The Kier molecular flexibility index (Phi) is 2.96. The summed E-state index contributed by atoms with van der Waals surface area (Å²) < 4.78 is 4.91. The van der Waals surface area contributed by atoms with E-state index in [2.05, 4.69) is 10.3 Å². The minimum Gasteiger partial charge on any atom is -0.476 e. The second kappa shape index (κ2) is 4.58. The molecule has 1 heterocycles. The lowest BCUT2D eigenvalue weighted by atomic mass is 10.2. The molecule has 0 saturated heterocycles. The summed E-state index contributed by atoms with van der Waals surface area (Å²) in [5.74, 6) is -1.69. The first-order valence-corrected chi connectivity index (χ1v) is 4.92. The van der Waals surface area contributed by atoms with E-state index in [1.165, 1.54) is 12.1 Å². The van der Waals surface area contributed by atoms with Gasteiger partial charge in [0.25, 0.3) is 6.01 Å². The van der Waals surface area contributed by atoms with Crippen LogP contribution >= 0.6 is 0 Å². The third-order valence-electron chi connectivity index (χ3n) is 2.14. The zero-order valence-electron chi connectivity index (χ0n) is 9.08. The number of carboxylic acid groups (broad SMARTS) is 1. The fraction of sp³-hybridized carbons (Fsp3) is 0. The second-order valence-corrected chi connectivity index (χ2v) is 3.41. The van der Waals surface area contributed by atoms with Crippen LogP contribution < -0.4 is 11.1 Å². The summed E-state index contributed by atoms with van der Waals surface area (Å²) in [4.78, 5) is 25.1. The average molecular weight is 247 g/mol. The van der Waals surface area contributed by atoms with Crippen LogP contribution in [0, 0.1) is 0 Å². The Labute approximate surface area is 101 Å². The van der Waals surface area contributed by atoms with E-state index in [1.54, 1.807) is 12.1 Å². The summed E-state index contributed by atoms with van der Waals surface area (Å²) in [6.45, 7) is 0. The molecule has 7 nitrogen and oxygen atoms in total. The SMILES string of the molecule is NC(=O)c1ccc(Nc2nc(C(=O)O)co2)cc1. The van der Waals surface area contributed by atoms with Gasteiger partial charge < -0.3 is 20.6 Å². The van der Waals surface area contributed by atoms with Crippen molar-refractivity contribution in [3.05, 3.63) is 41.8 Å². The van der Waals surface area contributed by atoms with E-state index in [4.69, 9.17) is 15.3 Å². The zero-order valence-corrected chi connectivity index (χ0v) is 9.08. The standard InChI is InChI=1S/C11H9N3O4/c12-9(15)6-1-3-7(4-2-6)13-11-14-8(5-18-11)10(16)17/h1-5H,(H2,12,15)(H,13,14)(H,16,17). The summed E-state index contributed by atoms with van der Waals surface area (Å²) in [7, 11) is 0. The fourth-order valence-corrected chi connectivity index (χ4v) is 1.27. The summed E-state index contributed by atoms with van der Waals surface area (Å²) in [5.41, 5.74) is 5.88. The highest BCUT2D eigenvalue weighted by atomic mass is 16.4. The number of nitrogens with zero attached hydrogens (tertiary/aromatic N) is 1. The molecular weight excluding hydrogens is 238 g/mol. The molecule has 1 aromatic heterocycles. The normalized spacial score (nSPS) is 10.0. The number of oxazole rings is 1. The Bertz CT molecular complexity index is 589. The first-order chi connectivity index (χ1) is 8.56. The van der Waals surface area contributed by atoms with Gasteiger partial charge in [0.1, 0.15) is 6.26 Å². The predicted octanol–water partition coefficient (Wildman–Crippen LogP) is 1.22. The third-order valence-corrected chi connectivity index (χ3v) is 2.14. The van der Waals surface area contributed by atoms with Crippen molar-refractivity contribution in [1.29, 1.82) is 0 Å². The van der Waals surface area contributed by atoms with Gasteiger partial charge in [-0.25, -0.2) is 4.79 Å². The summed E-state index contributed by atoms with van der Waals surface area (Å²) >= 11 is 0. The number of aromatic carboxylic acids is 1. The molecule has 0 bridgehead atoms. The van der Waals surface area contributed by atoms with Gasteiger partial charge in [-0.05, 0) is 24.3 Å². The maximum Gasteiger partial charge on any atom is 0.357 e. The number of carboxylic acids is 1. The lowest BCUT2D eigenvalue weighted by Gasteiger charge is -2.01. The van der Waals surface area contributed by atoms with Gasteiger partial charge in [-0.1, -0.05) is 0 Å². The maximum atomic E-state index is 10.9. The number of carbonyl (C=O) groups excluding carboxylic acids is 1. The number of anilines is 2. The molecule has 1 amide bonds. The first-order valence-electron chi connectivity index (χ1n) is 4.92. The van der Waals surface area contributed by atoms with E-state index >= 15 is 0 Å². The van der Waals surface area contributed by atoms with Gasteiger partial charge in [0.05, 0.1) is 0 Å². The van der Waals surface area contributed by atoms with Crippen molar-refractivity contribution in [3.8, 4) is 0 Å². The molecule has 7 heteroatoms. The Morgan fingerprint density at radius 3 is 2.44 bits per heavy atom. The molecule has 0 spiro atoms. The average Bonchev–Trinajstić information content (AvgIpc) is 2.78. The van der Waals surface area contributed by atoms with E-state index in [1.807, 2.05) is 0 Å². The van der Waals surface area contributed by atoms with Gasteiger partial charge in [0, 0.05) is 11.3 Å². The highest BCUT2D eigenvalue weighted by Crippen LogP contribution is 2.16. The molecule has 0 saturated carbocycles. The van der Waals surface area contributed by atoms with Gasteiger partial charge in [-0.2, -0.15) is 4.98 Å². The number of primary amides is 1. The molecule has 0 radical (unpaired) electrons. The molecular formula is C11H9N3O4. The van der Waals surface area contributed by atoms with Crippen LogP contribution in [0.4, 0.5) is 11.7 Å². The van der Waals surface area contributed by atoms with Gasteiger partial charge in [0.15, 0.2) is 5.69 Å². The Morgan fingerprint density at radius 2 is 1.94 bits per heavy atom. The number of hydrogen-bond acceptors (Lipinski definition) is 5. The highest BCUT2D eigenvalue weighted by molar-refractivity contribution is 5.93. The van der Waals surface area contributed by atoms with E-state index in [9.17, 15) is 9.59 Å². The van der Waals surface area contributed by atoms with Crippen LogP contribution in [-0.4, -0.2) is 22.0 Å². The van der Waals surface area contributed by atoms with Crippen LogP contribution in [0.3, 0.4) is 0 Å². The molecule has 0 unspecified atom stereocenters. The molecule has 0 aliphatic rings. The molecule has 0 aliphatic carbocycles. The Morgan fingerprint density at radius 1 is 1.28 bits per heavy atom. The highest BCUT2D eigenvalue weighted by Gasteiger charge is 2.10. The van der Waals surface area contributed by atoms with Crippen LogP contribution in [0.2, 0.25) is 0 Å². The molecule has 2 rings (SSSR count). The van der Waals surface area contributed by atoms with Crippen molar-refractivity contribution in [2.75, 3.05) is 5.32 Å². The minimum atomic E-state index is -1.17. The van der Waals surface area contributed by atoms with E-state index < -0.39 is 11.9 Å². The van der Waals surface area contributed by atoms with E-state index in [0.29, 0.717) is 11.3 Å². The number of rotatable bonds is 4. The molecule has 92 valence electrons. The first kappa shape index (κ1) is 11.6. The minimum absolute atomic E-state index is 0.0548. The molecule has 0 fully saturated rings. The summed E-state index contributed by atoms with van der Waals surface area (Å²) in [6, 6.07) is 6.33. The van der Waals surface area contributed by atoms with Crippen molar-refractivity contribution in [2.45, 2.75) is 0 Å². The van der Waals surface area contributed by atoms with Gasteiger partial charge in [0.2, 0.25) is 5.91 Å². The Hall–Kier alpha value is -2.83. The molecule has 4 N–H and O–H groups in total. The third kappa shape index (κ3) is 2.46. The maximum absolute atomic E-state index is 10.9. The van der Waals surface area contributed by atoms with Crippen molar-refractivity contribution < 1.29 is 19.1 Å². The number of carbonyl (C=O) groups is 2. The summed E-state index contributed by atoms with van der Waals surface area (Å²) in [6.07, 6.45) is 1.03. The molecule has 18 heavy (non-hydrogen) atoms. The molecule has 0 aliphatic heterocycles. The number of nitrogens with one attached hydrogen (secondary N) is 1. The van der Waals surface area contributed by atoms with Crippen LogP contribution in [0.5, 0.6) is 0 Å². The van der Waals surface area contributed by atoms with Gasteiger partial charge in [-0.15, -0.1) is 0 Å². The Balaban J connectivity index is 2.13. The van der Waals surface area contributed by atoms with Crippen molar-refractivity contribution in [3.63, 3.8) is 0 Å². The van der Waals surface area contributed by atoms with E-state index in [0.717, 1.165) is 6.26 Å². The van der Waals surface area contributed by atoms with Gasteiger partial charge >= 0.3 is 5.97 Å². The van der Waals surface area contributed by atoms with Crippen LogP contribution in [0.15, 0.2) is 34.9 Å². The number of nitrogens with two attached hydrogens (primary N) is 1. The smallest absolute Gasteiger partial charge is 0.357 e. The largest absolute Gasteiger partial charge is 0.476 e. The quantitative estimate of drug-likeness (QED) is 0.747. The zero-order chi connectivity index (χ0) is 13.1. The fourth-order valence-electron chi connectivity index (χ4n) is 1.27. The predicted molar refractivity (Wildman–Crippen MR) is 61.7 cm³/mol. The number of aromatic nitrogens is 1. The van der Waals surface area contributed by atoms with Crippen molar-refractivity contribution in [2.24, 2.45) is 5.73 Å². The lowest BCUT2D eigenvalue weighted by molar-refractivity contribution is 0.0690. The molecule has 0 atom stereocenters. The topological polar surface area (TPSA) is 118 Å². The second-order valence-electron chi connectivity index (χ2n) is 3.41. The van der Waals surface area contributed by atoms with Gasteiger partial charge in [-0.3, -0.25) is 4.79 Å². The number of amides is 1. The monoisotopic (exact) mass is 247 g/mol. The summed E-state index contributed by atoms with van der Waals surface area (Å²) in [5, 5.41) is 11.4. The van der Waals surface area contributed by atoms with E-state index in [-0.39, 0.29) is 11.7 Å². The van der Waals surface area contributed by atoms with Crippen LogP contribution in [0.1, 0.15) is 20.8 Å². The van der Waals surface area contributed by atoms with Crippen molar-refractivity contribution >= 4 is 23.6 Å². The molecule has 1 aromatic carbocycles. The molecule has 2 aromatic rings.